The minimum absolute atomic E-state index is 0.190. The largest absolute Gasteiger partial charge is 0.392 e. The van der Waals surface area contributed by atoms with E-state index in [-0.39, 0.29) is 22.0 Å². The Labute approximate surface area is 115 Å². The smallest absolute Gasteiger partial charge is 0.254 e. The number of nitrogens with two attached hydrogens (primary N) is 1. The molecule has 0 aliphatic heterocycles. The van der Waals surface area contributed by atoms with Crippen LogP contribution in [0.3, 0.4) is 0 Å². The fourth-order valence-electron chi connectivity index (χ4n) is 1.90. The van der Waals surface area contributed by atoms with Crippen molar-refractivity contribution in [3.63, 3.8) is 0 Å². The fraction of sp³-hybridized carbons (Fsp3) is 0.385. The van der Waals surface area contributed by atoms with Crippen LogP contribution in [0.1, 0.15) is 28.8 Å². The molecule has 0 saturated heterocycles. The maximum absolute atomic E-state index is 13.6. The number of thiocarbonyl (C=S) groups is 1. The van der Waals surface area contributed by atoms with Crippen molar-refractivity contribution in [1.82, 2.24) is 5.32 Å². The number of halogens is 2. The molecular formula is C13H14F2N2OS. The lowest BCUT2D eigenvalue weighted by Gasteiger charge is -2.17. The minimum atomic E-state index is -0.891. The van der Waals surface area contributed by atoms with Crippen molar-refractivity contribution in [1.29, 1.82) is 0 Å². The Morgan fingerprint density at radius 3 is 2.58 bits per heavy atom. The lowest BCUT2D eigenvalue weighted by molar-refractivity contribution is 0.0939. The Hall–Kier alpha value is -1.56. The third-order valence-corrected chi connectivity index (χ3v) is 3.43. The van der Waals surface area contributed by atoms with E-state index in [1.165, 1.54) is 13.0 Å². The second kappa shape index (κ2) is 5.21. The third kappa shape index (κ3) is 3.07. The molecule has 3 N–H and O–H groups in total. The molecule has 1 atom stereocenters. The maximum atomic E-state index is 13.6. The highest BCUT2D eigenvalue weighted by Crippen LogP contribution is 2.33. The van der Waals surface area contributed by atoms with Gasteiger partial charge in [-0.1, -0.05) is 12.2 Å². The zero-order valence-corrected chi connectivity index (χ0v) is 11.2. The highest BCUT2D eigenvalue weighted by Gasteiger charge is 2.34. The van der Waals surface area contributed by atoms with Crippen LogP contribution in [0.4, 0.5) is 8.78 Å². The average Bonchev–Trinajstić information content (AvgIpc) is 3.14. The first kappa shape index (κ1) is 13.9. The molecule has 2 rings (SSSR count). The summed E-state index contributed by atoms with van der Waals surface area (Å²) in [5.41, 5.74) is 5.58. The second-order valence-corrected chi connectivity index (χ2v) is 5.24. The van der Waals surface area contributed by atoms with E-state index in [9.17, 15) is 13.6 Å². The highest BCUT2D eigenvalue weighted by molar-refractivity contribution is 7.80. The number of nitrogens with one attached hydrogen (secondary N) is 1. The van der Waals surface area contributed by atoms with Crippen LogP contribution in [0.5, 0.6) is 0 Å². The predicted octanol–water partition coefficient (Wildman–Crippen LogP) is 2.07. The van der Waals surface area contributed by atoms with Crippen molar-refractivity contribution >= 4 is 23.1 Å². The molecule has 0 radical (unpaired) electrons. The molecule has 1 unspecified atom stereocenters. The Morgan fingerprint density at radius 1 is 1.42 bits per heavy atom. The van der Waals surface area contributed by atoms with Gasteiger partial charge in [0.1, 0.15) is 11.6 Å². The molecule has 0 heterocycles. The molecule has 102 valence electrons. The van der Waals surface area contributed by atoms with E-state index < -0.39 is 23.6 Å². The molecule has 0 spiro atoms. The first-order valence-corrected chi connectivity index (χ1v) is 6.37. The van der Waals surface area contributed by atoms with Crippen molar-refractivity contribution in [3.8, 4) is 0 Å². The molecule has 3 nitrogen and oxygen atoms in total. The van der Waals surface area contributed by atoms with E-state index in [1.54, 1.807) is 0 Å². The van der Waals surface area contributed by atoms with Gasteiger partial charge in [-0.25, -0.2) is 8.78 Å². The molecule has 1 fully saturated rings. The highest BCUT2D eigenvalue weighted by atomic mass is 32.1. The normalized spacial score (nSPS) is 15.9. The average molecular weight is 284 g/mol. The maximum Gasteiger partial charge on any atom is 0.254 e. The topological polar surface area (TPSA) is 55.1 Å². The van der Waals surface area contributed by atoms with Crippen LogP contribution in [0.15, 0.2) is 12.1 Å². The standard InChI is InChI=1S/C13H14F2N2OS/c1-6-4-8(10(15)5-9(6)14)13(18)17-11(12(16)19)7-2-3-7/h4-5,7,11H,2-3H2,1H3,(H2,16,19)(H,17,18). The number of rotatable bonds is 4. The lowest BCUT2D eigenvalue weighted by Crippen LogP contribution is -2.45. The van der Waals surface area contributed by atoms with Gasteiger partial charge in [0.25, 0.3) is 5.91 Å². The SMILES string of the molecule is Cc1cc(C(=O)NC(C(N)=S)C2CC2)c(F)cc1F. The molecule has 1 aliphatic carbocycles. The zero-order chi connectivity index (χ0) is 14.2. The van der Waals surface area contributed by atoms with Gasteiger partial charge in [0.2, 0.25) is 0 Å². The number of benzene rings is 1. The van der Waals surface area contributed by atoms with Crippen molar-refractivity contribution in [2.24, 2.45) is 11.7 Å². The Bertz CT molecular complexity index is 544. The van der Waals surface area contributed by atoms with Gasteiger partial charge in [-0.15, -0.1) is 0 Å². The summed E-state index contributed by atoms with van der Waals surface area (Å²) in [4.78, 5) is 12.2. The van der Waals surface area contributed by atoms with Gasteiger partial charge in [-0.2, -0.15) is 0 Å². The number of carbonyl (C=O) groups excluding carboxylic acids is 1. The van der Waals surface area contributed by atoms with Gasteiger partial charge in [0.15, 0.2) is 0 Å². The van der Waals surface area contributed by atoms with Crippen molar-refractivity contribution in [3.05, 3.63) is 34.9 Å². The molecule has 0 bridgehead atoms. The molecule has 1 saturated carbocycles. The minimum Gasteiger partial charge on any atom is -0.392 e. The molecule has 1 aliphatic rings. The Balaban J connectivity index is 2.19. The van der Waals surface area contributed by atoms with Crippen molar-refractivity contribution < 1.29 is 13.6 Å². The van der Waals surface area contributed by atoms with Gasteiger partial charge in [-0.3, -0.25) is 4.79 Å². The van der Waals surface area contributed by atoms with Gasteiger partial charge >= 0.3 is 0 Å². The number of aryl methyl sites for hydroxylation is 1. The summed E-state index contributed by atoms with van der Waals surface area (Å²) in [5.74, 6) is -1.96. The molecule has 1 aromatic carbocycles. The predicted molar refractivity (Wildman–Crippen MR) is 71.9 cm³/mol. The van der Waals surface area contributed by atoms with Crippen molar-refractivity contribution in [2.45, 2.75) is 25.8 Å². The number of hydrogen-bond acceptors (Lipinski definition) is 2. The van der Waals surface area contributed by atoms with Crippen LogP contribution in [-0.2, 0) is 0 Å². The fourth-order valence-corrected chi connectivity index (χ4v) is 2.15. The summed E-state index contributed by atoms with van der Waals surface area (Å²) >= 11 is 4.89. The number of amides is 1. The number of hydrogen-bond donors (Lipinski definition) is 2. The first-order chi connectivity index (χ1) is 8.90. The number of carbonyl (C=O) groups is 1. The van der Waals surface area contributed by atoms with Crippen LogP contribution in [0.25, 0.3) is 0 Å². The summed E-state index contributed by atoms with van der Waals surface area (Å²) < 4.78 is 26.7. The van der Waals surface area contributed by atoms with E-state index in [1.807, 2.05) is 0 Å². The van der Waals surface area contributed by atoms with Crippen LogP contribution < -0.4 is 11.1 Å². The molecular weight excluding hydrogens is 270 g/mol. The quantitative estimate of drug-likeness (QED) is 0.832. The van der Waals surface area contributed by atoms with Crippen LogP contribution in [-0.4, -0.2) is 16.9 Å². The monoisotopic (exact) mass is 284 g/mol. The first-order valence-electron chi connectivity index (χ1n) is 5.96. The van der Waals surface area contributed by atoms with Gasteiger partial charge < -0.3 is 11.1 Å². The Morgan fingerprint density at radius 2 is 2.05 bits per heavy atom. The zero-order valence-electron chi connectivity index (χ0n) is 10.4. The second-order valence-electron chi connectivity index (χ2n) is 4.77. The van der Waals surface area contributed by atoms with E-state index in [2.05, 4.69) is 5.32 Å². The van der Waals surface area contributed by atoms with Crippen LogP contribution in [0.2, 0.25) is 0 Å². The van der Waals surface area contributed by atoms with Gasteiger partial charge in [0, 0.05) is 6.07 Å². The summed E-state index contributed by atoms with van der Waals surface area (Å²) in [6, 6.07) is 1.47. The summed E-state index contributed by atoms with van der Waals surface area (Å²) in [5, 5.41) is 2.61. The van der Waals surface area contributed by atoms with E-state index >= 15 is 0 Å². The van der Waals surface area contributed by atoms with E-state index in [0.717, 1.165) is 12.8 Å². The molecule has 1 amide bonds. The molecule has 6 heteroatoms. The molecule has 0 aromatic heterocycles. The molecule has 19 heavy (non-hydrogen) atoms. The Kier molecular flexibility index (Phi) is 3.80. The third-order valence-electron chi connectivity index (χ3n) is 3.18. The summed E-state index contributed by atoms with van der Waals surface area (Å²) in [6.07, 6.45) is 1.88. The van der Waals surface area contributed by atoms with Crippen molar-refractivity contribution in [2.75, 3.05) is 0 Å². The lowest BCUT2D eigenvalue weighted by atomic mass is 10.1. The van der Waals surface area contributed by atoms with E-state index in [4.69, 9.17) is 18.0 Å². The summed E-state index contributed by atoms with van der Waals surface area (Å²) in [7, 11) is 0. The summed E-state index contributed by atoms with van der Waals surface area (Å²) in [6.45, 7) is 1.47. The molecule has 1 aromatic rings. The van der Waals surface area contributed by atoms with Gasteiger partial charge in [-0.05, 0) is 37.3 Å². The van der Waals surface area contributed by atoms with E-state index in [0.29, 0.717) is 6.07 Å². The van der Waals surface area contributed by atoms with Crippen LogP contribution >= 0.6 is 12.2 Å². The van der Waals surface area contributed by atoms with Crippen LogP contribution in [0, 0.1) is 24.5 Å². The van der Waals surface area contributed by atoms with Gasteiger partial charge in [0.05, 0.1) is 16.6 Å².